The Kier molecular flexibility index (Phi) is 5.01. The van der Waals surface area contributed by atoms with Gasteiger partial charge in [-0.05, 0) is 45.8 Å². The van der Waals surface area contributed by atoms with Gasteiger partial charge in [-0.15, -0.1) is 0 Å². The first-order valence-corrected chi connectivity index (χ1v) is 7.44. The molecular weight excluding hydrogens is 226 g/mol. The number of amides is 1. The van der Waals surface area contributed by atoms with E-state index >= 15 is 0 Å². The third kappa shape index (κ3) is 3.04. The Morgan fingerprint density at radius 3 is 2.78 bits per heavy atom. The summed E-state index contributed by atoms with van der Waals surface area (Å²) >= 11 is 0. The van der Waals surface area contributed by atoms with Gasteiger partial charge in [-0.1, -0.05) is 6.92 Å². The molecule has 0 aliphatic carbocycles. The van der Waals surface area contributed by atoms with Crippen molar-refractivity contribution in [3.8, 4) is 0 Å². The summed E-state index contributed by atoms with van der Waals surface area (Å²) in [6, 6.07) is 1.01. The van der Waals surface area contributed by atoms with Gasteiger partial charge in [0, 0.05) is 31.6 Å². The number of carbonyl (C=O) groups excluding carboxylic acids is 1. The van der Waals surface area contributed by atoms with Crippen molar-refractivity contribution in [2.45, 2.75) is 51.1 Å². The number of carbonyl (C=O) groups is 1. The first-order chi connectivity index (χ1) is 8.76. The average molecular weight is 253 g/mol. The van der Waals surface area contributed by atoms with Crippen molar-refractivity contribution in [1.29, 1.82) is 0 Å². The Hall–Kier alpha value is -0.610. The maximum Gasteiger partial charge on any atom is 0.223 e. The molecule has 0 radical (unpaired) electrons. The molecule has 0 spiro atoms. The van der Waals surface area contributed by atoms with Crippen LogP contribution in [0.15, 0.2) is 0 Å². The Morgan fingerprint density at radius 1 is 1.28 bits per heavy atom. The lowest BCUT2D eigenvalue weighted by molar-refractivity contribution is -0.134. The normalized spacial score (nSPS) is 28.4. The van der Waals surface area contributed by atoms with Crippen molar-refractivity contribution in [2.24, 2.45) is 0 Å². The molecule has 2 bridgehead atoms. The van der Waals surface area contributed by atoms with Gasteiger partial charge in [0.05, 0.1) is 0 Å². The van der Waals surface area contributed by atoms with Crippen LogP contribution in [0.2, 0.25) is 0 Å². The highest BCUT2D eigenvalue weighted by Crippen LogP contribution is 2.30. The smallest absolute Gasteiger partial charge is 0.223 e. The SMILES string of the molecule is CCN1CCC2CCC(C1)N2C(=O)CCCNC. The predicted molar refractivity (Wildman–Crippen MR) is 73.5 cm³/mol. The monoisotopic (exact) mass is 253 g/mol. The molecule has 4 heteroatoms. The molecule has 0 saturated carbocycles. The van der Waals surface area contributed by atoms with E-state index in [1.54, 1.807) is 0 Å². The number of likely N-dealkylation sites (tertiary alicyclic amines) is 1. The van der Waals surface area contributed by atoms with E-state index < -0.39 is 0 Å². The van der Waals surface area contributed by atoms with E-state index in [9.17, 15) is 4.79 Å². The second-order valence-electron chi connectivity index (χ2n) is 5.58. The summed E-state index contributed by atoms with van der Waals surface area (Å²) in [7, 11) is 1.94. The standard InChI is InChI=1S/C14H27N3O/c1-3-16-10-8-12-6-7-13(11-16)17(12)14(18)5-4-9-15-2/h12-13,15H,3-11H2,1-2H3. The molecule has 2 rings (SSSR count). The van der Waals surface area contributed by atoms with Gasteiger partial charge in [0.2, 0.25) is 5.91 Å². The third-order valence-corrected chi connectivity index (χ3v) is 4.42. The van der Waals surface area contributed by atoms with Gasteiger partial charge in [-0.25, -0.2) is 0 Å². The summed E-state index contributed by atoms with van der Waals surface area (Å²) in [5.41, 5.74) is 0. The Labute approximate surface area is 111 Å². The van der Waals surface area contributed by atoms with Crippen LogP contribution >= 0.6 is 0 Å². The van der Waals surface area contributed by atoms with Crippen LogP contribution in [0.25, 0.3) is 0 Å². The number of rotatable bonds is 5. The highest BCUT2D eigenvalue weighted by molar-refractivity contribution is 5.77. The van der Waals surface area contributed by atoms with Crippen LogP contribution < -0.4 is 5.32 Å². The average Bonchev–Trinajstić information content (AvgIpc) is 2.65. The summed E-state index contributed by atoms with van der Waals surface area (Å²) in [6.07, 6.45) is 5.27. The zero-order valence-electron chi connectivity index (χ0n) is 11.8. The summed E-state index contributed by atoms with van der Waals surface area (Å²) in [6.45, 7) is 6.53. The molecule has 2 aliphatic rings. The quantitative estimate of drug-likeness (QED) is 0.745. The largest absolute Gasteiger partial charge is 0.335 e. The number of hydrogen-bond donors (Lipinski definition) is 1. The van der Waals surface area contributed by atoms with E-state index in [1.807, 2.05) is 7.05 Å². The summed E-state index contributed by atoms with van der Waals surface area (Å²) < 4.78 is 0. The Balaban J connectivity index is 1.93. The van der Waals surface area contributed by atoms with E-state index in [0.717, 1.165) is 32.6 Å². The zero-order chi connectivity index (χ0) is 13.0. The van der Waals surface area contributed by atoms with Gasteiger partial charge in [-0.3, -0.25) is 4.79 Å². The van der Waals surface area contributed by atoms with Crippen LogP contribution in [0.1, 0.15) is 39.0 Å². The van der Waals surface area contributed by atoms with Crippen molar-refractivity contribution < 1.29 is 4.79 Å². The molecule has 4 nitrogen and oxygen atoms in total. The zero-order valence-corrected chi connectivity index (χ0v) is 11.8. The molecule has 1 N–H and O–H groups in total. The predicted octanol–water partition coefficient (Wildman–Crippen LogP) is 1.07. The fourth-order valence-corrected chi connectivity index (χ4v) is 3.38. The van der Waals surface area contributed by atoms with E-state index in [2.05, 4.69) is 22.0 Å². The van der Waals surface area contributed by atoms with Crippen LogP contribution in [0.4, 0.5) is 0 Å². The number of nitrogens with zero attached hydrogens (tertiary/aromatic N) is 2. The minimum atomic E-state index is 0.385. The number of nitrogens with one attached hydrogen (secondary N) is 1. The van der Waals surface area contributed by atoms with Crippen molar-refractivity contribution >= 4 is 5.91 Å². The minimum absolute atomic E-state index is 0.385. The molecule has 0 aromatic carbocycles. The van der Waals surface area contributed by atoms with E-state index in [-0.39, 0.29) is 0 Å². The van der Waals surface area contributed by atoms with Crippen molar-refractivity contribution in [1.82, 2.24) is 15.1 Å². The molecular formula is C14H27N3O. The molecule has 1 amide bonds. The summed E-state index contributed by atoms with van der Waals surface area (Å²) in [5, 5.41) is 3.11. The fourth-order valence-electron chi connectivity index (χ4n) is 3.38. The Bertz CT molecular complexity index is 282. The second-order valence-corrected chi connectivity index (χ2v) is 5.58. The van der Waals surface area contributed by atoms with Gasteiger partial charge < -0.3 is 15.1 Å². The lowest BCUT2D eigenvalue weighted by Gasteiger charge is -2.29. The number of likely N-dealkylation sites (N-methyl/N-ethyl adjacent to an activating group) is 1. The van der Waals surface area contributed by atoms with E-state index in [0.29, 0.717) is 24.4 Å². The molecule has 0 aromatic rings. The first kappa shape index (κ1) is 13.8. The molecule has 2 fully saturated rings. The highest BCUT2D eigenvalue weighted by Gasteiger charge is 2.39. The van der Waals surface area contributed by atoms with Crippen LogP contribution in [0, 0.1) is 0 Å². The second kappa shape index (κ2) is 6.53. The maximum absolute atomic E-state index is 12.4. The van der Waals surface area contributed by atoms with Gasteiger partial charge in [0.15, 0.2) is 0 Å². The van der Waals surface area contributed by atoms with Gasteiger partial charge in [-0.2, -0.15) is 0 Å². The van der Waals surface area contributed by atoms with Crippen LogP contribution in [-0.2, 0) is 4.79 Å². The van der Waals surface area contributed by atoms with Gasteiger partial charge >= 0.3 is 0 Å². The van der Waals surface area contributed by atoms with Crippen LogP contribution in [0.3, 0.4) is 0 Å². The van der Waals surface area contributed by atoms with Crippen molar-refractivity contribution in [3.63, 3.8) is 0 Å². The molecule has 18 heavy (non-hydrogen) atoms. The Morgan fingerprint density at radius 2 is 2.06 bits per heavy atom. The molecule has 2 atom stereocenters. The lowest BCUT2D eigenvalue weighted by atomic mass is 10.1. The van der Waals surface area contributed by atoms with Gasteiger partial charge in [0.25, 0.3) is 0 Å². The lowest BCUT2D eigenvalue weighted by Crippen LogP contribution is -2.43. The summed E-state index contributed by atoms with van der Waals surface area (Å²) in [4.78, 5) is 17.1. The molecule has 0 aromatic heterocycles. The molecule has 2 aliphatic heterocycles. The molecule has 2 heterocycles. The molecule has 2 saturated heterocycles. The highest BCUT2D eigenvalue weighted by atomic mass is 16.2. The summed E-state index contributed by atoms with van der Waals surface area (Å²) in [5.74, 6) is 0.385. The molecule has 104 valence electrons. The first-order valence-electron chi connectivity index (χ1n) is 7.44. The fraction of sp³-hybridized carbons (Fsp3) is 0.929. The van der Waals surface area contributed by atoms with Gasteiger partial charge in [0.1, 0.15) is 0 Å². The van der Waals surface area contributed by atoms with Crippen molar-refractivity contribution in [2.75, 3.05) is 33.2 Å². The maximum atomic E-state index is 12.4. The van der Waals surface area contributed by atoms with Crippen LogP contribution in [0.5, 0.6) is 0 Å². The minimum Gasteiger partial charge on any atom is -0.335 e. The molecule has 2 unspecified atom stereocenters. The van der Waals surface area contributed by atoms with Crippen LogP contribution in [-0.4, -0.2) is 61.0 Å². The number of hydrogen-bond acceptors (Lipinski definition) is 3. The van der Waals surface area contributed by atoms with E-state index in [1.165, 1.54) is 19.3 Å². The van der Waals surface area contributed by atoms with Crippen molar-refractivity contribution in [3.05, 3.63) is 0 Å². The topological polar surface area (TPSA) is 35.6 Å². The third-order valence-electron chi connectivity index (χ3n) is 4.42. The number of fused-ring (bicyclic) bond motifs is 2. The van der Waals surface area contributed by atoms with E-state index in [4.69, 9.17) is 0 Å².